The van der Waals surface area contributed by atoms with Crippen LogP contribution in [0.5, 0.6) is 5.75 Å². The van der Waals surface area contributed by atoms with E-state index < -0.39 is 8.07 Å². The van der Waals surface area contributed by atoms with E-state index in [0.29, 0.717) is 0 Å². The lowest BCUT2D eigenvalue weighted by molar-refractivity contribution is 0.401. The number of benzene rings is 3. The maximum absolute atomic E-state index is 5.92. The first-order valence-electron chi connectivity index (χ1n) is 8.85. The van der Waals surface area contributed by atoms with Crippen molar-refractivity contribution in [2.45, 2.75) is 26.2 Å². The van der Waals surface area contributed by atoms with Crippen molar-refractivity contribution in [3.63, 3.8) is 0 Å². The predicted molar refractivity (Wildman–Crippen MR) is 114 cm³/mol. The van der Waals surface area contributed by atoms with Gasteiger partial charge < -0.3 is 9.82 Å². The largest absolute Gasteiger partial charge is 0.496 e. The second-order valence-corrected chi connectivity index (χ2v) is 9.15. The quantitative estimate of drug-likeness (QED) is 0.609. The molecule has 1 atom stereocenters. The molecule has 0 aliphatic carbocycles. The third-order valence-corrected chi connectivity index (χ3v) is 6.41. The summed E-state index contributed by atoms with van der Waals surface area (Å²) >= 11 is 0. The molecule has 0 fully saturated rings. The van der Waals surface area contributed by atoms with Gasteiger partial charge in [-0.1, -0.05) is 81.4 Å². The van der Waals surface area contributed by atoms with E-state index in [1.807, 2.05) is 6.07 Å². The van der Waals surface area contributed by atoms with Crippen LogP contribution in [0.4, 0.5) is 5.69 Å². The summed E-state index contributed by atoms with van der Waals surface area (Å²) in [5, 5.41) is 6.24. The van der Waals surface area contributed by atoms with Crippen molar-refractivity contribution in [1.29, 1.82) is 0 Å². The average Bonchev–Trinajstić information content (AvgIpc) is 2.66. The third kappa shape index (κ3) is 4.08. The van der Waals surface area contributed by atoms with Crippen molar-refractivity contribution in [2.75, 3.05) is 12.2 Å². The van der Waals surface area contributed by atoms with Crippen LogP contribution in [-0.4, -0.2) is 7.11 Å². The maximum atomic E-state index is 5.92. The van der Waals surface area contributed by atoms with Gasteiger partial charge in [0.05, 0.1) is 15.2 Å². The minimum atomic E-state index is -0.792. The van der Waals surface area contributed by atoms with E-state index in [2.05, 4.69) is 98.7 Å². The van der Waals surface area contributed by atoms with Crippen molar-refractivity contribution < 1.29 is 4.74 Å². The fraction of sp³-hybridized carbons (Fsp3) is 0.217. The van der Waals surface area contributed by atoms with Crippen LogP contribution in [0.2, 0.25) is 0 Å². The first-order chi connectivity index (χ1) is 12.5. The van der Waals surface area contributed by atoms with Crippen LogP contribution in [0.15, 0.2) is 78.9 Å². The standard InChI is InChI=1S/C23H26NOP/c1-23(2,3)20-16-11-17-21(22(20)25-4)26(19-14-9-6-10-15-19)24-18-12-7-5-8-13-18/h5-17,24H,1-4H3. The fourth-order valence-electron chi connectivity index (χ4n) is 2.99. The van der Waals surface area contributed by atoms with Crippen molar-refractivity contribution in [3.05, 3.63) is 84.4 Å². The fourth-order valence-corrected chi connectivity index (χ4v) is 5.04. The molecular weight excluding hydrogens is 337 g/mol. The Hall–Kier alpha value is -2.31. The Morgan fingerprint density at radius 1 is 0.769 bits per heavy atom. The summed E-state index contributed by atoms with van der Waals surface area (Å²) in [7, 11) is 0.981. The Bertz CT molecular complexity index is 841. The van der Waals surface area contributed by atoms with Crippen LogP contribution in [0.1, 0.15) is 26.3 Å². The van der Waals surface area contributed by atoms with E-state index >= 15 is 0 Å². The van der Waals surface area contributed by atoms with Gasteiger partial charge in [-0.2, -0.15) is 0 Å². The number of para-hydroxylation sites is 2. The van der Waals surface area contributed by atoms with Crippen molar-refractivity contribution in [1.82, 2.24) is 0 Å². The Balaban J connectivity index is 2.13. The maximum Gasteiger partial charge on any atom is 0.132 e. The van der Waals surface area contributed by atoms with Crippen LogP contribution >= 0.6 is 8.07 Å². The molecule has 3 heteroatoms. The number of rotatable bonds is 5. The summed E-state index contributed by atoms with van der Waals surface area (Å²) in [4.78, 5) is 0. The molecule has 3 aromatic carbocycles. The summed E-state index contributed by atoms with van der Waals surface area (Å²) in [5.74, 6) is 0.985. The Morgan fingerprint density at radius 3 is 1.96 bits per heavy atom. The molecule has 0 aromatic heterocycles. The summed E-state index contributed by atoms with van der Waals surface area (Å²) in [6.07, 6.45) is 0. The van der Waals surface area contributed by atoms with Crippen molar-refractivity contribution in [3.8, 4) is 5.75 Å². The normalized spacial score (nSPS) is 12.5. The number of ether oxygens (including phenoxy) is 1. The molecule has 0 aliphatic heterocycles. The van der Waals surface area contributed by atoms with Crippen molar-refractivity contribution >= 4 is 24.4 Å². The number of methoxy groups -OCH3 is 1. The third-order valence-electron chi connectivity index (χ3n) is 4.28. The lowest BCUT2D eigenvalue weighted by Crippen LogP contribution is -2.23. The van der Waals surface area contributed by atoms with Crippen LogP contribution in [0.25, 0.3) is 0 Å². The van der Waals surface area contributed by atoms with Gasteiger partial charge in [-0.15, -0.1) is 0 Å². The van der Waals surface area contributed by atoms with Gasteiger partial charge in [-0.3, -0.25) is 0 Å². The first kappa shape index (κ1) is 18.5. The average molecular weight is 363 g/mol. The highest BCUT2D eigenvalue weighted by atomic mass is 31.1. The molecule has 3 aromatic rings. The summed E-state index contributed by atoms with van der Waals surface area (Å²) in [6, 6.07) is 27.5. The highest BCUT2D eigenvalue weighted by Crippen LogP contribution is 2.41. The molecule has 0 saturated carbocycles. The summed E-state index contributed by atoms with van der Waals surface area (Å²) in [6.45, 7) is 6.68. The first-order valence-corrected chi connectivity index (χ1v) is 10.2. The van der Waals surface area contributed by atoms with Crippen molar-refractivity contribution in [2.24, 2.45) is 0 Å². The van der Waals surface area contributed by atoms with Gasteiger partial charge in [-0.05, 0) is 23.6 Å². The summed E-state index contributed by atoms with van der Waals surface area (Å²) < 4.78 is 5.92. The van der Waals surface area contributed by atoms with Gasteiger partial charge in [-0.25, -0.2) is 0 Å². The van der Waals surface area contributed by atoms with Gasteiger partial charge >= 0.3 is 0 Å². The van der Waals surface area contributed by atoms with E-state index in [1.54, 1.807) is 7.11 Å². The monoisotopic (exact) mass is 363 g/mol. The number of nitrogens with one attached hydrogen (secondary N) is 1. The van der Waals surface area contributed by atoms with E-state index in [1.165, 1.54) is 16.2 Å². The van der Waals surface area contributed by atoms with Crippen LogP contribution in [-0.2, 0) is 5.41 Å². The van der Waals surface area contributed by atoms with Crippen LogP contribution in [0, 0.1) is 0 Å². The van der Waals surface area contributed by atoms with Gasteiger partial charge in [0, 0.05) is 21.9 Å². The van der Waals surface area contributed by atoms with Gasteiger partial charge in [0.25, 0.3) is 0 Å². The van der Waals surface area contributed by atoms with Gasteiger partial charge in [0.2, 0.25) is 0 Å². The van der Waals surface area contributed by atoms with E-state index in [0.717, 1.165) is 11.4 Å². The number of hydrogen-bond acceptors (Lipinski definition) is 2. The van der Waals surface area contributed by atoms with E-state index in [4.69, 9.17) is 4.74 Å². The molecule has 0 bridgehead atoms. The minimum absolute atomic E-state index is 0.0196. The Kier molecular flexibility index (Phi) is 5.64. The zero-order valence-electron chi connectivity index (χ0n) is 15.9. The second-order valence-electron chi connectivity index (χ2n) is 7.26. The molecule has 0 radical (unpaired) electrons. The SMILES string of the molecule is COc1c(P(Nc2ccccc2)c2ccccc2)cccc1C(C)(C)C. The molecule has 0 amide bonds. The van der Waals surface area contributed by atoms with Crippen LogP contribution in [0.3, 0.4) is 0 Å². The zero-order chi connectivity index (χ0) is 18.6. The number of hydrogen-bond donors (Lipinski definition) is 1. The zero-order valence-corrected chi connectivity index (χ0v) is 16.8. The Labute approximate surface area is 158 Å². The van der Waals surface area contributed by atoms with Crippen LogP contribution < -0.4 is 20.4 Å². The van der Waals surface area contributed by atoms with Gasteiger partial charge in [0.15, 0.2) is 0 Å². The molecule has 1 N–H and O–H groups in total. The smallest absolute Gasteiger partial charge is 0.132 e. The molecule has 3 rings (SSSR count). The highest BCUT2D eigenvalue weighted by molar-refractivity contribution is 7.74. The molecule has 0 saturated heterocycles. The predicted octanol–water partition coefficient (Wildman–Crippen LogP) is 5.45. The molecule has 0 aliphatic rings. The lowest BCUT2D eigenvalue weighted by Gasteiger charge is -2.28. The lowest BCUT2D eigenvalue weighted by atomic mass is 9.86. The molecule has 2 nitrogen and oxygen atoms in total. The molecule has 0 spiro atoms. The molecule has 134 valence electrons. The number of anilines is 1. The molecule has 0 heterocycles. The minimum Gasteiger partial charge on any atom is -0.496 e. The van der Waals surface area contributed by atoms with Gasteiger partial charge in [0.1, 0.15) is 5.75 Å². The topological polar surface area (TPSA) is 21.3 Å². The molecule has 1 unspecified atom stereocenters. The second kappa shape index (κ2) is 7.93. The van der Waals surface area contributed by atoms with E-state index in [9.17, 15) is 0 Å². The summed E-state index contributed by atoms with van der Waals surface area (Å²) in [5.41, 5.74) is 2.37. The van der Waals surface area contributed by atoms with E-state index in [-0.39, 0.29) is 5.41 Å². The molecule has 26 heavy (non-hydrogen) atoms. The molecular formula is C23H26NOP. The highest BCUT2D eigenvalue weighted by Gasteiger charge is 2.25. The Morgan fingerprint density at radius 2 is 1.38 bits per heavy atom.